The van der Waals surface area contributed by atoms with Crippen LogP contribution in [0.3, 0.4) is 0 Å². The van der Waals surface area contributed by atoms with Crippen LogP contribution >= 0.6 is 23.2 Å². The summed E-state index contributed by atoms with van der Waals surface area (Å²) in [5.41, 5.74) is 3.58. The Kier molecular flexibility index (Phi) is 5.76. The SMILES string of the molecule is Cc1ccn2c(Cc3ccc(F)cc3)cc(C(=O)C(=O)Nc3c(Cl)cncc3Cl)c2c1. The Morgan fingerprint density at radius 1 is 1.06 bits per heavy atom. The second-order valence-corrected chi connectivity index (χ2v) is 7.89. The van der Waals surface area contributed by atoms with Crippen molar-refractivity contribution in [3.63, 3.8) is 0 Å². The van der Waals surface area contributed by atoms with E-state index in [1.165, 1.54) is 24.5 Å². The highest BCUT2D eigenvalue weighted by Crippen LogP contribution is 2.29. The van der Waals surface area contributed by atoms with Gasteiger partial charge in [-0.1, -0.05) is 35.3 Å². The van der Waals surface area contributed by atoms with Crippen LogP contribution in [0.1, 0.15) is 27.2 Å². The van der Waals surface area contributed by atoms with Gasteiger partial charge in [0, 0.05) is 30.7 Å². The maximum atomic E-state index is 13.2. The number of aryl methyl sites for hydroxylation is 1. The molecule has 0 saturated heterocycles. The molecule has 8 heteroatoms. The summed E-state index contributed by atoms with van der Waals surface area (Å²) in [4.78, 5) is 29.6. The highest BCUT2D eigenvalue weighted by molar-refractivity contribution is 6.49. The van der Waals surface area contributed by atoms with Crippen molar-refractivity contribution in [2.45, 2.75) is 13.3 Å². The number of hydrogen-bond acceptors (Lipinski definition) is 3. The molecule has 5 nitrogen and oxygen atoms in total. The zero-order valence-electron chi connectivity index (χ0n) is 16.3. The summed E-state index contributed by atoms with van der Waals surface area (Å²) in [5.74, 6) is -1.91. The number of rotatable bonds is 5. The van der Waals surface area contributed by atoms with E-state index < -0.39 is 11.7 Å². The molecule has 0 aliphatic rings. The number of benzene rings is 1. The third-order valence-corrected chi connectivity index (χ3v) is 5.42. The van der Waals surface area contributed by atoms with Crippen molar-refractivity contribution in [1.82, 2.24) is 9.38 Å². The molecule has 0 saturated carbocycles. The fraction of sp³-hybridized carbons (Fsp3) is 0.0870. The summed E-state index contributed by atoms with van der Waals surface area (Å²) in [7, 11) is 0. The van der Waals surface area contributed by atoms with E-state index in [1.54, 1.807) is 18.2 Å². The topological polar surface area (TPSA) is 63.5 Å². The highest BCUT2D eigenvalue weighted by atomic mass is 35.5. The molecule has 0 radical (unpaired) electrons. The first-order valence-electron chi connectivity index (χ1n) is 9.33. The molecule has 0 aliphatic heterocycles. The minimum absolute atomic E-state index is 0.128. The molecular weight excluding hydrogens is 440 g/mol. The second kappa shape index (κ2) is 8.49. The summed E-state index contributed by atoms with van der Waals surface area (Å²) < 4.78 is 15.1. The van der Waals surface area contributed by atoms with Gasteiger partial charge < -0.3 is 9.72 Å². The van der Waals surface area contributed by atoms with E-state index in [0.717, 1.165) is 16.8 Å². The van der Waals surface area contributed by atoms with Crippen LogP contribution in [0.4, 0.5) is 10.1 Å². The molecule has 0 aliphatic carbocycles. The van der Waals surface area contributed by atoms with E-state index >= 15 is 0 Å². The van der Waals surface area contributed by atoms with Crippen molar-refractivity contribution in [1.29, 1.82) is 0 Å². The van der Waals surface area contributed by atoms with Crippen LogP contribution in [-0.4, -0.2) is 21.1 Å². The molecule has 1 amide bonds. The number of Topliss-reactive ketones (excluding diaryl/α,β-unsaturated/α-hetero) is 1. The van der Waals surface area contributed by atoms with Gasteiger partial charge in [0.2, 0.25) is 0 Å². The van der Waals surface area contributed by atoms with Crippen molar-refractivity contribution in [2.24, 2.45) is 0 Å². The first-order valence-corrected chi connectivity index (χ1v) is 10.1. The third-order valence-electron chi connectivity index (χ3n) is 4.85. The van der Waals surface area contributed by atoms with Gasteiger partial charge >= 0.3 is 0 Å². The fourth-order valence-corrected chi connectivity index (χ4v) is 3.79. The number of halogens is 3. The van der Waals surface area contributed by atoms with E-state index in [2.05, 4.69) is 10.3 Å². The van der Waals surface area contributed by atoms with Gasteiger partial charge in [-0.25, -0.2) is 4.39 Å². The Morgan fingerprint density at radius 2 is 1.74 bits per heavy atom. The summed E-state index contributed by atoms with van der Waals surface area (Å²) in [6, 6.07) is 11.6. The number of amides is 1. The van der Waals surface area contributed by atoms with Gasteiger partial charge in [-0.05, 0) is 48.4 Å². The van der Waals surface area contributed by atoms with Crippen LogP contribution < -0.4 is 5.32 Å². The highest BCUT2D eigenvalue weighted by Gasteiger charge is 2.23. The van der Waals surface area contributed by atoms with Crippen LogP contribution in [0.5, 0.6) is 0 Å². The number of ketones is 1. The number of nitrogens with zero attached hydrogens (tertiary/aromatic N) is 2. The minimum atomic E-state index is -0.864. The molecule has 4 aromatic rings. The lowest BCUT2D eigenvalue weighted by Gasteiger charge is -2.08. The van der Waals surface area contributed by atoms with Crippen molar-refractivity contribution >= 4 is 46.1 Å². The van der Waals surface area contributed by atoms with Crippen molar-refractivity contribution in [2.75, 3.05) is 5.32 Å². The van der Waals surface area contributed by atoms with Crippen molar-refractivity contribution in [3.05, 3.63) is 99.3 Å². The number of nitrogens with one attached hydrogen (secondary N) is 1. The molecular formula is C23H16Cl2FN3O2. The Balaban J connectivity index is 1.71. The molecule has 31 heavy (non-hydrogen) atoms. The number of carbonyl (C=O) groups is 2. The molecule has 3 aromatic heterocycles. The third kappa shape index (κ3) is 4.31. The second-order valence-electron chi connectivity index (χ2n) is 7.07. The molecule has 0 unspecified atom stereocenters. The Hall–Kier alpha value is -3.22. The van der Waals surface area contributed by atoms with Crippen LogP contribution in [0.15, 0.2) is 61.1 Å². The summed E-state index contributed by atoms with van der Waals surface area (Å²) in [5, 5.41) is 2.73. The van der Waals surface area contributed by atoms with E-state index in [0.29, 0.717) is 11.9 Å². The number of pyridine rings is 2. The van der Waals surface area contributed by atoms with Gasteiger partial charge in [0.25, 0.3) is 11.7 Å². The van der Waals surface area contributed by atoms with Crippen molar-refractivity contribution < 1.29 is 14.0 Å². The largest absolute Gasteiger partial charge is 0.320 e. The van der Waals surface area contributed by atoms with Crippen LogP contribution in [0.25, 0.3) is 5.52 Å². The molecule has 0 fully saturated rings. The maximum absolute atomic E-state index is 13.2. The van der Waals surface area contributed by atoms with E-state index in [-0.39, 0.29) is 27.1 Å². The smallest absolute Gasteiger partial charge is 0.296 e. The first kappa shape index (κ1) is 21.0. The molecule has 1 aromatic carbocycles. The summed E-state index contributed by atoms with van der Waals surface area (Å²) in [6.07, 6.45) is 4.95. The van der Waals surface area contributed by atoms with Gasteiger partial charge in [-0.15, -0.1) is 0 Å². The zero-order chi connectivity index (χ0) is 22.1. The number of aromatic nitrogens is 2. The number of carbonyl (C=O) groups excluding carboxylic acids is 2. The first-order chi connectivity index (χ1) is 14.8. The van der Waals surface area contributed by atoms with Gasteiger partial charge in [0.15, 0.2) is 0 Å². The summed E-state index contributed by atoms with van der Waals surface area (Å²) >= 11 is 12.1. The number of anilines is 1. The minimum Gasteiger partial charge on any atom is -0.320 e. The maximum Gasteiger partial charge on any atom is 0.296 e. The molecule has 1 N–H and O–H groups in total. The lowest BCUT2D eigenvalue weighted by atomic mass is 10.1. The van der Waals surface area contributed by atoms with Gasteiger partial charge in [-0.3, -0.25) is 14.6 Å². The molecule has 156 valence electrons. The average molecular weight is 456 g/mol. The molecule has 0 spiro atoms. The summed E-state index contributed by atoms with van der Waals surface area (Å²) in [6.45, 7) is 1.90. The molecule has 4 rings (SSSR count). The van der Waals surface area contributed by atoms with Crippen LogP contribution in [0.2, 0.25) is 10.0 Å². The van der Waals surface area contributed by atoms with E-state index in [4.69, 9.17) is 23.2 Å². The van der Waals surface area contributed by atoms with Gasteiger partial charge in [0.05, 0.1) is 26.8 Å². The predicted molar refractivity (Wildman–Crippen MR) is 119 cm³/mol. The number of hydrogen-bond donors (Lipinski definition) is 1. The number of fused-ring (bicyclic) bond motifs is 1. The standard InChI is InChI=1S/C23H16Cl2FN3O2/c1-13-6-7-29-16(9-14-2-4-15(26)5-3-14)10-17(20(29)8-13)22(30)23(31)28-21-18(24)11-27-12-19(21)25/h2-8,10-12H,9H2,1H3,(H,27,28,31). The Morgan fingerprint density at radius 3 is 2.42 bits per heavy atom. The predicted octanol–water partition coefficient (Wildman–Crippen LogP) is 5.50. The van der Waals surface area contributed by atoms with Crippen LogP contribution in [0, 0.1) is 12.7 Å². The van der Waals surface area contributed by atoms with Gasteiger partial charge in [0.1, 0.15) is 5.82 Å². The molecule has 0 bridgehead atoms. The quantitative estimate of drug-likeness (QED) is 0.319. The molecule has 0 atom stereocenters. The normalized spacial score (nSPS) is 11.0. The lowest BCUT2D eigenvalue weighted by molar-refractivity contribution is -0.112. The monoisotopic (exact) mass is 455 g/mol. The molecule has 3 heterocycles. The lowest BCUT2D eigenvalue weighted by Crippen LogP contribution is -2.23. The van der Waals surface area contributed by atoms with Crippen LogP contribution in [-0.2, 0) is 11.2 Å². The Bertz CT molecular complexity index is 1300. The Labute approximate surface area is 187 Å². The zero-order valence-corrected chi connectivity index (χ0v) is 17.8. The fourth-order valence-electron chi connectivity index (χ4n) is 3.33. The van der Waals surface area contributed by atoms with E-state index in [1.807, 2.05) is 29.7 Å². The van der Waals surface area contributed by atoms with Gasteiger partial charge in [-0.2, -0.15) is 0 Å². The van der Waals surface area contributed by atoms with Crippen molar-refractivity contribution in [3.8, 4) is 0 Å². The van der Waals surface area contributed by atoms with E-state index in [9.17, 15) is 14.0 Å². The average Bonchev–Trinajstić information content (AvgIpc) is 3.09.